The molecule has 0 bridgehead atoms. The summed E-state index contributed by atoms with van der Waals surface area (Å²) < 4.78 is 26.7. The van der Waals surface area contributed by atoms with E-state index >= 15 is 0 Å². The minimum Gasteiger partial charge on any atom is -0.497 e. The molecule has 3 aromatic carbocycles. The zero-order valence-electron chi connectivity index (χ0n) is 20.2. The topological polar surface area (TPSA) is 62.1 Å². The van der Waals surface area contributed by atoms with E-state index in [-0.39, 0.29) is 5.82 Å². The molecular formula is C28H25FN4O2S. The summed E-state index contributed by atoms with van der Waals surface area (Å²) in [6, 6.07) is 18.5. The molecule has 5 rings (SSSR count). The van der Waals surface area contributed by atoms with E-state index < -0.39 is 0 Å². The quantitative estimate of drug-likeness (QED) is 0.222. The number of fused-ring (bicyclic) bond motifs is 1. The molecule has 0 saturated carbocycles. The molecule has 0 radical (unpaired) electrons. The van der Waals surface area contributed by atoms with Crippen LogP contribution in [0, 0.1) is 12.7 Å². The van der Waals surface area contributed by atoms with Crippen molar-refractivity contribution in [3.8, 4) is 27.7 Å². The van der Waals surface area contributed by atoms with Crippen molar-refractivity contribution in [3.05, 3.63) is 83.4 Å². The smallest absolute Gasteiger partial charge is 0.197 e. The molecule has 0 unspecified atom stereocenters. The molecule has 0 aliphatic carbocycles. The zero-order chi connectivity index (χ0) is 25.1. The summed E-state index contributed by atoms with van der Waals surface area (Å²) in [5.41, 5.74) is 2.78. The highest BCUT2D eigenvalue weighted by molar-refractivity contribution is 7.22. The van der Waals surface area contributed by atoms with Gasteiger partial charge in [-0.05, 0) is 83.8 Å². The molecule has 0 aliphatic heterocycles. The Hall–Kier alpha value is -4.04. The van der Waals surface area contributed by atoms with Crippen molar-refractivity contribution in [1.82, 2.24) is 20.2 Å². The molecule has 0 N–H and O–H groups in total. The summed E-state index contributed by atoms with van der Waals surface area (Å²) in [6.07, 6.45) is 4.73. The van der Waals surface area contributed by atoms with Gasteiger partial charge < -0.3 is 9.47 Å². The molecule has 0 spiro atoms. The number of nitrogens with zero attached hydrogens (tertiary/aromatic N) is 4. The minimum atomic E-state index is -0.256. The number of benzene rings is 3. The molecule has 2 aromatic heterocycles. The van der Waals surface area contributed by atoms with Gasteiger partial charge in [0.05, 0.1) is 18.5 Å². The molecule has 6 nitrogen and oxygen atoms in total. The Balaban J connectivity index is 1.45. The summed E-state index contributed by atoms with van der Waals surface area (Å²) >= 11 is 1.60. The van der Waals surface area contributed by atoms with Gasteiger partial charge in [-0.15, -0.1) is 21.5 Å². The number of thiophene rings is 1. The fourth-order valence-corrected chi connectivity index (χ4v) is 5.14. The molecule has 2 heterocycles. The predicted molar refractivity (Wildman–Crippen MR) is 142 cm³/mol. The van der Waals surface area contributed by atoms with E-state index in [1.54, 1.807) is 35.4 Å². The van der Waals surface area contributed by atoms with Gasteiger partial charge in [-0.2, -0.15) is 4.80 Å². The summed E-state index contributed by atoms with van der Waals surface area (Å²) in [6.45, 7) is 4.72. The number of hydrogen-bond acceptors (Lipinski definition) is 6. The van der Waals surface area contributed by atoms with Crippen molar-refractivity contribution in [1.29, 1.82) is 0 Å². The molecule has 182 valence electrons. The van der Waals surface area contributed by atoms with E-state index in [0.717, 1.165) is 56.1 Å². The molecule has 36 heavy (non-hydrogen) atoms. The summed E-state index contributed by atoms with van der Waals surface area (Å²) in [5, 5.41) is 13.4. The van der Waals surface area contributed by atoms with Gasteiger partial charge in [-0.3, -0.25) is 0 Å². The van der Waals surface area contributed by atoms with Crippen LogP contribution in [0.1, 0.15) is 30.3 Å². The minimum absolute atomic E-state index is 0.256. The van der Waals surface area contributed by atoms with E-state index in [4.69, 9.17) is 9.47 Å². The molecule has 0 fully saturated rings. The number of ether oxygens (including phenoxy) is 2. The molecule has 0 saturated heterocycles. The van der Waals surface area contributed by atoms with Crippen LogP contribution in [-0.2, 0) is 6.54 Å². The number of aromatic nitrogens is 4. The number of aryl methyl sites for hydroxylation is 2. The van der Waals surface area contributed by atoms with E-state index in [1.807, 2.05) is 61.5 Å². The standard InChI is InChI=1S/C28H25FN4O2S/c1-4-15-33-31-26(30-32-33)14-7-19-5-9-21(10-6-19)35-27-24-13-11-22(34-3)17-25(24)36-28(27)23-12-8-20(29)16-18(23)2/h5-14,16-17H,4,15H2,1-3H3/b14-7+. The van der Waals surface area contributed by atoms with Gasteiger partial charge in [0.15, 0.2) is 11.6 Å². The molecular weight excluding hydrogens is 475 g/mol. The first-order valence-electron chi connectivity index (χ1n) is 11.6. The normalized spacial score (nSPS) is 11.4. The lowest BCUT2D eigenvalue weighted by molar-refractivity contribution is 0.415. The van der Waals surface area contributed by atoms with Gasteiger partial charge in [0, 0.05) is 10.1 Å². The lowest BCUT2D eigenvalue weighted by atomic mass is 10.1. The van der Waals surface area contributed by atoms with Gasteiger partial charge in [0.1, 0.15) is 17.3 Å². The van der Waals surface area contributed by atoms with Crippen LogP contribution in [0.5, 0.6) is 17.2 Å². The van der Waals surface area contributed by atoms with E-state index in [0.29, 0.717) is 11.6 Å². The van der Waals surface area contributed by atoms with E-state index in [9.17, 15) is 4.39 Å². The van der Waals surface area contributed by atoms with Crippen LogP contribution in [0.2, 0.25) is 0 Å². The number of halogens is 1. The zero-order valence-corrected chi connectivity index (χ0v) is 21.1. The second-order valence-electron chi connectivity index (χ2n) is 8.33. The molecule has 0 atom stereocenters. The van der Waals surface area contributed by atoms with Crippen molar-refractivity contribution in [3.63, 3.8) is 0 Å². The third-order valence-electron chi connectivity index (χ3n) is 5.70. The van der Waals surface area contributed by atoms with E-state index in [1.165, 1.54) is 6.07 Å². The van der Waals surface area contributed by atoms with Crippen LogP contribution in [0.3, 0.4) is 0 Å². The van der Waals surface area contributed by atoms with Crippen LogP contribution in [-0.4, -0.2) is 27.3 Å². The first kappa shape index (κ1) is 23.7. The summed E-state index contributed by atoms with van der Waals surface area (Å²) in [7, 11) is 1.65. The van der Waals surface area contributed by atoms with Gasteiger partial charge in [-0.25, -0.2) is 4.39 Å². The summed E-state index contributed by atoms with van der Waals surface area (Å²) in [4.78, 5) is 2.54. The van der Waals surface area contributed by atoms with Crippen molar-refractivity contribution in [2.45, 2.75) is 26.8 Å². The number of hydrogen-bond donors (Lipinski definition) is 0. The maximum Gasteiger partial charge on any atom is 0.197 e. The predicted octanol–water partition coefficient (Wildman–Crippen LogP) is 7.38. The highest BCUT2D eigenvalue weighted by atomic mass is 32.1. The maximum absolute atomic E-state index is 13.8. The Bertz CT molecular complexity index is 1540. The fraction of sp³-hybridized carbons (Fsp3) is 0.179. The Morgan fingerprint density at radius 1 is 1.00 bits per heavy atom. The third kappa shape index (κ3) is 4.99. The van der Waals surface area contributed by atoms with Gasteiger partial charge >= 0.3 is 0 Å². The third-order valence-corrected chi connectivity index (χ3v) is 6.87. The van der Waals surface area contributed by atoms with Gasteiger partial charge in [-0.1, -0.05) is 31.2 Å². The highest BCUT2D eigenvalue weighted by Crippen LogP contribution is 2.48. The van der Waals surface area contributed by atoms with Crippen LogP contribution in [0.25, 0.3) is 32.7 Å². The molecule has 5 aromatic rings. The monoisotopic (exact) mass is 500 g/mol. The van der Waals surface area contributed by atoms with E-state index in [2.05, 4.69) is 22.3 Å². The second kappa shape index (κ2) is 10.3. The number of tetrazole rings is 1. The Kier molecular flexibility index (Phi) is 6.77. The SMILES string of the molecule is CCCn1nnc(/C=C/c2ccc(Oc3c(-c4ccc(F)cc4C)sc4cc(OC)ccc34)cc2)n1. The first-order chi connectivity index (χ1) is 17.5. The lowest BCUT2D eigenvalue weighted by Crippen LogP contribution is -2.00. The second-order valence-corrected chi connectivity index (χ2v) is 9.38. The Morgan fingerprint density at radius 2 is 1.81 bits per heavy atom. The highest BCUT2D eigenvalue weighted by Gasteiger charge is 2.18. The number of rotatable bonds is 8. The average Bonchev–Trinajstić information content (AvgIpc) is 3.48. The molecule has 0 aliphatic rings. The van der Waals surface area contributed by atoms with Gasteiger partial charge in [0.25, 0.3) is 0 Å². The lowest BCUT2D eigenvalue weighted by Gasteiger charge is -2.10. The maximum atomic E-state index is 13.8. The summed E-state index contributed by atoms with van der Waals surface area (Å²) in [5.74, 6) is 2.54. The molecule has 8 heteroatoms. The van der Waals surface area contributed by atoms with Gasteiger partial charge in [0.2, 0.25) is 0 Å². The molecule has 0 amide bonds. The van der Waals surface area contributed by atoms with Crippen molar-refractivity contribution in [2.75, 3.05) is 7.11 Å². The largest absolute Gasteiger partial charge is 0.497 e. The van der Waals surface area contributed by atoms with Crippen LogP contribution >= 0.6 is 11.3 Å². The Morgan fingerprint density at radius 3 is 2.56 bits per heavy atom. The fourth-order valence-electron chi connectivity index (χ4n) is 3.89. The van der Waals surface area contributed by atoms with Crippen molar-refractivity contribution >= 4 is 33.6 Å². The van der Waals surface area contributed by atoms with Crippen LogP contribution in [0.4, 0.5) is 4.39 Å². The van der Waals surface area contributed by atoms with Crippen LogP contribution in [0.15, 0.2) is 60.7 Å². The average molecular weight is 501 g/mol. The number of methoxy groups -OCH3 is 1. The van der Waals surface area contributed by atoms with Crippen LogP contribution < -0.4 is 9.47 Å². The first-order valence-corrected chi connectivity index (χ1v) is 12.5. The van der Waals surface area contributed by atoms with Crippen molar-refractivity contribution in [2.24, 2.45) is 0 Å². The van der Waals surface area contributed by atoms with Crippen molar-refractivity contribution < 1.29 is 13.9 Å². The Labute approximate surface area is 212 Å².